The average Bonchev–Trinajstić information content (AvgIpc) is 3.10. The van der Waals surface area contributed by atoms with Gasteiger partial charge in [-0.1, -0.05) is 32.1 Å². The first-order valence-electron chi connectivity index (χ1n) is 10.9. The predicted octanol–water partition coefficient (Wildman–Crippen LogP) is 1.71. The molecule has 0 saturated heterocycles. The zero-order valence-corrected chi connectivity index (χ0v) is 19.2. The number of nitrogens with zero attached hydrogens (tertiary/aromatic N) is 1. The van der Waals surface area contributed by atoms with Crippen LogP contribution >= 0.6 is 0 Å². The van der Waals surface area contributed by atoms with Crippen LogP contribution in [0.4, 0.5) is 0 Å². The van der Waals surface area contributed by atoms with E-state index in [1.54, 1.807) is 18.2 Å². The second-order valence-electron chi connectivity index (χ2n) is 7.41. The third-order valence-electron chi connectivity index (χ3n) is 5.32. The summed E-state index contributed by atoms with van der Waals surface area (Å²) >= 11 is 0. The maximum Gasteiger partial charge on any atom is 0.159 e. The van der Waals surface area contributed by atoms with E-state index in [1.807, 2.05) is 37.1 Å². The monoisotopic (exact) mass is 465 g/mol. The van der Waals surface area contributed by atoms with Gasteiger partial charge in [-0.15, -0.1) is 0 Å². The normalized spacial score (nSPS) is 12.1. The predicted molar refractivity (Wildman–Crippen MR) is 130 cm³/mol. The molecule has 0 atom stereocenters. The van der Waals surface area contributed by atoms with E-state index >= 15 is 0 Å². The fourth-order valence-electron chi connectivity index (χ4n) is 3.72. The van der Waals surface area contributed by atoms with Crippen molar-refractivity contribution >= 4 is 23.1 Å². The van der Waals surface area contributed by atoms with Crippen LogP contribution in [0.15, 0.2) is 48.5 Å². The molecule has 0 saturated carbocycles. The van der Waals surface area contributed by atoms with Crippen LogP contribution in [-0.4, -0.2) is 42.4 Å². The Bertz CT molecular complexity index is 1460. The number of hydrogen-bond acceptors (Lipinski definition) is 6. The first-order valence-corrected chi connectivity index (χ1v) is 10.9. The van der Waals surface area contributed by atoms with Crippen molar-refractivity contribution in [3.8, 4) is 34.5 Å². The van der Waals surface area contributed by atoms with Crippen LogP contribution in [0.5, 0.6) is 34.5 Å². The van der Waals surface area contributed by atoms with E-state index in [-0.39, 0.29) is 34.5 Å². The lowest BCUT2D eigenvalue weighted by Crippen LogP contribution is -2.86. The van der Waals surface area contributed by atoms with Gasteiger partial charge in [0, 0.05) is 16.7 Å². The van der Waals surface area contributed by atoms with Crippen LogP contribution < -0.4 is 16.0 Å². The van der Waals surface area contributed by atoms with Gasteiger partial charge in [0.1, 0.15) is 5.52 Å². The Kier molecular flexibility index (Phi) is 7.23. The number of phenols is 6. The van der Waals surface area contributed by atoms with Crippen molar-refractivity contribution in [3.63, 3.8) is 0 Å². The molecule has 1 heterocycles. The highest BCUT2D eigenvalue weighted by atomic mass is 16.3. The maximum atomic E-state index is 10.1. The molecule has 0 fully saturated rings. The van der Waals surface area contributed by atoms with Gasteiger partial charge >= 0.3 is 0 Å². The molecule has 8 nitrogen and oxygen atoms in total. The molecule has 0 aliphatic rings. The summed E-state index contributed by atoms with van der Waals surface area (Å²) in [5.74, 6) is -1.40. The highest BCUT2D eigenvalue weighted by Gasteiger charge is 2.13. The molecule has 0 radical (unpaired) electrons. The van der Waals surface area contributed by atoms with E-state index in [2.05, 4.69) is 0 Å². The minimum atomic E-state index is -0.260. The molecule has 8 heteroatoms. The van der Waals surface area contributed by atoms with Crippen molar-refractivity contribution in [3.05, 3.63) is 70.2 Å². The molecule has 4 rings (SSSR count). The zero-order valence-electron chi connectivity index (χ0n) is 19.2. The number of aromatic hydroxyl groups is 6. The van der Waals surface area contributed by atoms with E-state index in [4.69, 9.17) is 0 Å². The molecule has 178 valence electrons. The largest absolute Gasteiger partial charge is 0.504 e. The lowest BCUT2D eigenvalue weighted by atomic mass is 10.1. The van der Waals surface area contributed by atoms with E-state index in [1.165, 1.54) is 36.4 Å². The number of hydrogen-bond donors (Lipinski definition) is 7. The lowest BCUT2D eigenvalue weighted by Gasteiger charge is -2.02. The third kappa shape index (κ3) is 4.72. The van der Waals surface area contributed by atoms with Crippen molar-refractivity contribution in [2.24, 2.45) is 0 Å². The molecule has 8 N–H and O–H groups in total. The number of quaternary nitrogens is 1. The molecule has 0 bridgehead atoms. The molecule has 4 aromatic rings. The molecule has 0 amide bonds. The van der Waals surface area contributed by atoms with Crippen molar-refractivity contribution in [2.45, 2.75) is 20.3 Å². The Labute approximate surface area is 196 Å². The van der Waals surface area contributed by atoms with Gasteiger partial charge in [-0.2, -0.15) is 4.68 Å². The smallest absolute Gasteiger partial charge is 0.159 e. The molecule has 3 aromatic carbocycles. The second-order valence-corrected chi connectivity index (χ2v) is 7.41. The Morgan fingerprint density at radius 3 is 1.94 bits per heavy atom. The van der Waals surface area contributed by atoms with Crippen molar-refractivity contribution < 1.29 is 36.1 Å². The number of fused-ring (bicyclic) bond motifs is 1. The summed E-state index contributed by atoms with van der Waals surface area (Å²) in [5.41, 5.74) is 3.88. The Morgan fingerprint density at radius 1 is 0.735 bits per heavy atom. The summed E-state index contributed by atoms with van der Waals surface area (Å²) in [6.07, 6.45) is 4.15. The van der Waals surface area contributed by atoms with E-state index in [9.17, 15) is 30.6 Å². The quantitative estimate of drug-likeness (QED) is 0.181. The van der Waals surface area contributed by atoms with Gasteiger partial charge in [-0.05, 0) is 54.0 Å². The number of benzene rings is 3. The van der Waals surface area contributed by atoms with Gasteiger partial charge in [0.25, 0.3) is 0 Å². The summed E-state index contributed by atoms with van der Waals surface area (Å²) in [6.45, 7) is 4.00. The molecular weight excluding hydrogens is 436 g/mol. The lowest BCUT2D eigenvalue weighted by molar-refractivity contribution is -0.682. The number of aromatic nitrogens is 1. The standard InChI is InChI=1S/C24H22N2O6.C2H6/c1-25-26-17(5-2-13-3-6-19(27)21(29)9-13)15(8-14-4-7-20(28)22(30)10-14)16-11-23(31)24(32)12-18(16)26;1-2/h3-12,25,27-32H,2H2,1H3;1-2H3/p+1/b15-8-,17-5-;. The van der Waals surface area contributed by atoms with Gasteiger partial charge in [0.05, 0.1) is 12.4 Å². The van der Waals surface area contributed by atoms with E-state index < -0.39 is 0 Å². The Hall–Kier alpha value is -4.30. The van der Waals surface area contributed by atoms with Crippen LogP contribution in [0.2, 0.25) is 0 Å². The van der Waals surface area contributed by atoms with Gasteiger partial charge < -0.3 is 30.6 Å². The minimum absolute atomic E-state index is 0.197. The molecule has 0 unspecified atom stereocenters. The van der Waals surface area contributed by atoms with Crippen LogP contribution in [0, 0.1) is 0 Å². The van der Waals surface area contributed by atoms with Crippen LogP contribution in [0.1, 0.15) is 25.0 Å². The van der Waals surface area contributed by atoms with Crippen molar-refractivity contribution in [2.75, 3.05) is 7.05 Å². The molecule has 0 spiro atoms. The summed E-state index contributed by atoms with van der Waals surface area (Å²) in [7, 11) is 1.84. The van der Waals surface area contributed by atoms with E-state index in [0.717, 1.165) is 16.1 Å². The highest BCUT2D eigenvalue weighted by molar-refractivity contribution is 5.86. The molecule has 0 aliphatic heterocycles. The zero-order chi connectivity index (χ0) is 25.0. The van der Waals surface area contributed by atoms with Crippen molar-refractivity contribution in [1.29, 1.82) is 0 Å². The number of rotatable bonds is 4. The summed E-state index contributed by atoms with van der Waals surface area (Å²) in [4.78, 5) is 0. The minimum Gasteiger partial charge on any atom is -0.504 e. The molecule has 1 aromatic heterocycles. The Morgan fingerprint density at radius 2 is 1.32 bits per heavy atom. The first-order chi connectivity index (χ1) is 16.3. The topological polar surface area (TPSA) is 143 Å². The summed E-state index contributed by atoms with van der Waals surface area (Å²) < 4.78 is 1.86. The average molecular weight is 466 g/mol. The third-order valence-corrected chi connectivity index (χ3v) is 5.32. The van der Waals surface area contributed by atoms with Gasteiger partial charge in [-0.25, -0.2) is 5.43 Å². The molecule has 0 aliphatic carbocycles. The van der Waals surface area contributed by atoms with Gasteiger partial charge in [-0.3, -0.25) is 0 Å². The summed E-state index contributed by atoms with van der Waals surface area (Å²) in [6, 6.07) is 12.0. The van der Waals surface area contributed by atoms with E-state index in [0.29, 0.717) is 22.9 Å². The van der Waals surface area contributed by atoms with Crippen LogP contribution in [0.25, 0.3) is 23.1 Å². The fraction of sp³-hybridized carbons (Fsp3) is 0.154. The van der Waals surface area contributed by atoms with Gasteiger partial charge in [0.2, 0.25) is 0 Å². The second kappa shape index (κ2) is 10.1. The summed E-state index contributed by atoms with van der Waals surface area (Å²) in [5, 5.41) is 61.2. The highest BCUT2D eigenvalue weighted by Crippen LogP contribution is 2.29. The van der Waals surface area contributed by atoms with Gasteiger partial charge in [0.15, 0.2) is 34.5 Å². The first kappa shape index (κ1) is 24.3. The van der Waals surface area contributed by atoms with Crippen LogP contribution in [-0.2, 0) is 6.42 Å². The van der Waals surface area contributed by atoms with Crippen molar-refractivity contribution in [1.82, 2.24) is 4.68 Å². The van der Waals surface area contributed by atoms with Crippen LogP contribution in [0.3, 0.4) is 0 Å². The fourth-order valence-corrected chi connectivity index (χ4v) is 3.72. The SMILES string of the molecule is CC.C[NH2+]n1c(=C\Cc2ccc(O)c(O)c2)/c(=C\c2ccc(O)c(O)c2)c2cc(O)c(O)cc21. The maximum absolute atomic E-state index is 10.1. The Balaban J connectivity index is 0.00000158. The molecular formula is C26H29N2O6+. The molecule has 34 heavy (non-hydrogen) atoms. The number of nitrogens with two attached hydrogens (primary N) is 1. The number of phenolic OH excluding ortho intramolecular Hbond substituents is 6.